The van der Waals surface area contributed by atoms with Crippen molar-refractivity contribution in [3.63, 3.8) is 0 Å². The summed E-state index contributed by atoms with van der Waals surface area (Å²) in [6.07, 6.45) is 2.30. The van der Waals surface area contributed by atoms with Crippen LogP contribution in [0.2, 0.25) is 0 Å². The minimum atomic E-state index is -0.221. The van der Waals surface area contributed by atoms with Crippen LogP contribution in [0, 0.1) is 11.8 Å². The molecule has 0 aliphatic carbocycles. The Balaban J connectivity index is 2.14. The van der Waals surface area contributed by atoms with Crippen molar-refractivity contribution >= 4 is 6.09 Å². The number of carbonyl (C=O) groups excluding carboxylic acids is 1. The average Bonchev–Trinajstić information content (AvgIpc) is 2.82. The molecular formula is C14H23N3O2. The zero-order chi connectivity index (χ0) is 14.0. The molecule has 1 aliphatic rings. The normalized spacial score (nSPS) is 18.8. The molecule has 2 heterocycles. The number of fused-ring (bicyclic) bond motifs is 1. The fraction of sp³-hybridized carbons (Fsp3) is 0.714. The van der Waals surface area contributed by atoms with E-state index in [4.69, 9.17) is 4.74 Å². The van der Waals surface area contributed by atoms with E-state index in [0.29, 0.717) is 25.0 Å². The Labute approximate surface area is 114 Å². The molecule has 1 aliphatic heterocycles. The lowest BCUT2D eigenvalue weighted by Gasteiger charge is -2.36. The van der Waals surface area contributed by atoms with E-state index < -0.39 is 0 Å². The van der Waals surface area contributed by atoms with Gasteiger partial charge in [0.05, 0.1) is 24.7 Å². The Morgan fingerprint density at radius 2 is 2.26 bits per heavy atom. The van der Waals surface area contributed by atoms with Gasteiger partial charge in [0.1, 0.15) is 0 Å². The molecule has 1 unspecified atom stereocenters. The number of H-pyrrole nitrogens is 1. The Morgan fingerprint density at radius 1 is 1.53 bits per heavy atom. The number of rotatable bonds is 3. The molecule has 5 nitrogen and oxygen atoms in total. The molecule has 1 atom stereocenters. The van der Waals surface area contributed by atoms with Gasteiger partial charge in [-0.2, -0.15) is 0 Å². The van der Waals surface area contributed by atoms with Gasteiger partial charge in [0.2, 0.25) is 0 Å². The summed E-state index contributed by atoms with van der Waals surface area (Å²) < 4.78 is 5.36. The number of nitrogens with one attached hydrogen (secondary N) is 1. The molecule has 0 fully saturated rings. The fourth-order valence-electron chi connectivity index (χ4n) is 2.51. The summed E-state index contributed by atoms with van der Waals surface area (Å²) in [6.45, 7) is 9.45. The molecule has 2 rings (SSSR count). The zero-order valence-electron chi connectivity index (χ0n) is 12.1. The van der Waals surface area contributed by atoms with Gasteiger partial charge in [-0.05, 0) is 11.8 Å². The predicted octanol–water partition coefficient (Wildman–Crippen LogP) is 2.76. The first-order valence-corrected chi connectivity index (χ1v) is 6.96. The Bertz CT molecular complexity index is 440. The number of hydrogen-bond donors (Lipinski definition) is 1. The maximum Gasteiger partial charge on any atom is 0.410 e. The number of hydrogen-bond acceptors (Lipinski definition) is 3. The lowest BCUT2D eigenvalue weighted by molar-refractivity contribution is 0.0627. The number of imidazole rings is 1. The summed E-state index contributed by atoms with van der Waals surface area (Å²) >= 11 is 0. The summed E-state index contributed by atoms with van der Waals surface area (Å²) in [4.78, 5) is 21.6. The second kappa shape index (κ2) is 5.63. The maximum absolute atomic E-state index is 12.2. The van der Waals surface area contributed by atoms with E-state index in [1.54, 1.807) is 6.33 Å². The van der Waals surface area contributed by atoms with Crippen molar-refractivity contribution in [3.8, 4) is 0 Å². The van der Waals surface area contributed by atoms with Crippen LogP contribution >= 0.6 is 0 Å². The van der Waals surface area contributed by atoms with Gasteiger partial charge in [-0.1, -0.05) is 27.7 Å². The van der Waals surface area contributed by atoms with E-state index >= 15 is 0 Å². The first-order chi connectivity index (χ1) is 9.00. The number of carbonyl (C=O) groups is 1. The first kappa shape index (κ1) is 13.9. The van der Waals surface area contributed by atoms with Gasteiger partial charge in [-0.25, -0.2) is 9.78 Å². The number of amides is 1. The Kier molecular flexibility index (Phi) is 4.12. The molecule has 1 N–H and O–H groups in total. The molecule has 0 saturated heterocycles. The summed E-state index contributed by atoms with van der Waals surface area (Å²) in [7, 11) is 0. The molecule has 1 aromatic rings. The van der Waals surface area contributed by atoms with E-state index in [1.807, 2.05) is 18.7 Å². The third-order valence-electron chi connectivity index (χ3n) is 3.38. The van der Waals surface area contributed by atoms with Gasteiger partial charge >= 0.3 is 6.09 Å². The van der Waals surface area contributed by atoms with Crippen LogP contribution in [0.4, 0.5) is 4.79 Å². The zero-order valence-corrected chi connectivity index (χ0v) is 12.1. The molecule has 0 aromatic carbocycles. The second-order valence-electron chi connectivity index (χ2n) is 5.87. The molecule has 0 spiro atoms. The van der Waals surface area contributed by atoms with E-state index in [1.165, 1.54) is 0 Å². The highest BCUT2D eigenvalue weighted by molar-refractivity contribution is 5.68. The predicted molar refractivity (Wildman–Crippen MR) is 72.8 cm³/mol. The van der Waals surface area contributed by atoms with Crippen LogP contribution in [0.3, 0.4) is 0 Å². The Morgan fingerprint density at radius 3 is 2.89 bits per heavy atom. The first-order valence-electron chi connectivity index (χ1n) is 6.96. The van der Waals surface area contributed by atoms with Crippen LogP contribution in [-0.2, 0) is 11.2 Å². The van der Waals surface area contributed by atoms with E-state index in [0.717, 1.165) is 17.8 Å². The van der Waals surface area contributed by atoms with E-state index in [-0.39, 0.29) is 12.1 Å². The minimum Gasteiger partial charge on any atom is -0.449 e. The average molecular weight is 265 g/mol. The van der Waals surface area contributed by atoms with Gasteiger partial charge in [0, 0.05) is 18.7 Å². The third-order valence-corrected chi connectivity index (χ3v) is 3.38. The van der Waals surface area contributed by atoms with Crippen molar-refractivity contribution in [2.24, 2.45) is 11.8 Å². The minimum absolute atomic E-state index is 0.00895. The van der Waals surface area contributed by atoms with Crippen molar-refractivity contribution in [3.05, 3.63) is 17.7 Å². The van der Waals surface area contributed by atoms with Crippen LogP contribution in [-0.4, -0.2) is 34.1 Å². The van der Waals surface area contributed by atoms with Gasteiger partial charge < -0.3 is 9.72 Å². The maximum atomic E-state index is 12.2. The highest BCUT2D eigenvalue weighted by atomic mass is 16.6. The van der Waals surface area contributed by atoms with Gasteiger partial charge in [-0.15, -0.1) is 0 Å². The molecule has 106 valence electrons. The highest BCUT2D eigenvalue weighted by Crippen LogP contribution is 2.33. The molecule has 1 amide bonds. The van der Waals surface area contributed by atoms with Crippen LogP contribution in [0.5, 0.6) is 0 Å². The lowest BCUT2D eigenvalue weighted by atomic mass is 9.94. The van der Waals surface area contributed by atoms with Crippen molar-refractivity contribution < 1.29 is 9.53 Å². The molecular weight excluding hydrogens is 242 g/mol. The van der Waals surface area contributed by atoms with E-state index in [2.05, 4.69) is 23.8 Å². The van der Waals surface area contributed by atoms with Gasteiger partial charge in [-0.3, -0.25) is 4.90 Å². The highest BCUT2D eigenvalue weighted by Gasteiger charge is 2.35. The van der Waals surface area contributed by atoms with Crippen LogP contribution < -0.4 is 0 Å². The molecule has 19 heavy (non-hydrogen) atoms. The van der Waals surface area contributed by atoms with Crippen molar-refractivity contribution in [1.82, 2.24) is 14.9 Å². The summed E-state index contributed by atoms with van der Waals surface area (Å²) in [6, 6.07) is 0.00895. The van der Waals surface area contributed by atoms with Crippen molar-refractivity contribution in [2.75, 3.05) is 13.2 Å². The molecule has 0 radical (unpaired) electrons. The summed E-state index contributed by atoms with van der Waals surface area (Å²) in [5.41, 5.74) is 2.13. The monoisotopic (exact) mass is 265 g/mol. The van der Waals surface area contributed by atoms with Gasteiger partial charge in [0.15, 0.2) is 0 Å². The Hall–Kier alpha value is -1.52. The van der Waals surface area contributed by atoms with E-state index in [9.17, 15) is 4.79 Å². The smallest absolute Gasteiger partial charge is 0.410 e. The standard InChI is InChI=1S/C14H23N3O2/c1-9(2)7-19-14(18)17-6-5-11-12(16-8-15-11)13(17)10(3)4/h8-10,13H,5-7H2,1-4H3,(H,15,16). The van der Waals surface area contributed by atoms with Crippen LogP contribution in [0.25, 0.3) is 0 Å². The van der Waals surface area contributed by atoms with Crippen molar-refractivity contribution in [1.29, 1.82) is 0 Å². The van der Waals surface area contributed by atoms with Crippen LogP contribution in [0.15, 0.2) is 6.33 Å². The summed E-state index contributed by atoms with van der Waals surface area (Å²) in [5, 5.41) is 0. The SMILES string of the molecule is CC(C)COC(=O)N1CCc2[nH]cnc2C1C(C)C. The van der Waals surface area contributed by atoms with Crippen LogP contribution in [0.1, 0.15) is 45.1 Å². The molecule has 0 bridgehead atoms. The third kappa shape index (κ3) is 2.91. The summed E-state index contributed by atoms with van der Waals surface area (Å²) in [5.74, 6) is 0.668. The number of nitrogens with zero attached hydrogens (tertiary/aromatic N) is 2. The topological polar surface area (TPSA) is 58.2 Å². The van der Waals surface area contributed by atoms with Gasteiger partial charge in [0.25, 0.3) is 0 Å². The molecule has 1 aromatic heterocycles. The largest absolute Gasteiger partial charge is 0.449 e. The van der Waals surface area contributed by atoms with Crippen molar-refractivity contribution in [2.45, 2.75) is 40.2 Å². The quantitative estimate of drug-likeness (QED) is 0.914. The molecule has 5 heteroatoms. The second-order valence-corrected chi connectivity index (χ2v) is 5.87. The lowest BCUT2D eigenvalue weighted by Crippen LogP contribution is -2.43. The molecule has 0 saturated carbocycles. The number of aromatic amines is 1. The fourth-order valence-corrected chi connectivity index (χ4v) is 2.51. The number of aromatic nitrogens is 2. The number of ether oxygens (including phenoxy) is 1.